The highest BCUT2D eigenvalue weighted by atomic mass is 79.9. The molecule has 1 aromatic heterocycles. The Bertz CT molecular complexity index is 548. The molecule has 16 heavy (non-hydrogen) atoms. The molecule has 0 fully saturated rings. The number of aryl methyl sites for hydroxylation is 1. The summed E-state index contributed by atoms with van der Waals surface area (Å²) >= 11 is 3.48. The molecule has 84 valence electrons. The lowest BCUT2D eigenvalue weighted by Crippen LogP contribution is -1.89. The zero-order valence-corrected chi connectivity index (χ0v) is 10.6. The lowest BCUT2D eigenvalue weighted by Gasteiger charge is -2.10. The second-order valence-corrected chi connectivity index (χ2v) is 4.58. The van der Waals surface area contributed by atoms with Crippen molar-refractivity contribution in [3.8, 4) is 17.0 Å². The summed E-state index contributed by atoms with van der Waals surface area (Å²) in [5.41, 5.74) is 8.87. The third kappa shape index (κ3) is 1.67. The molecule has 0 saturated heterocycles. The van der Waals surface area contributed by atoms with Crippen LogP contribution < -0.4 is 5.73 Å². The highest BCUT2D eigenvalue weighted by molar-refractivity contribution is 9.10. The fourth-order valence-corrected chi connectivity index (χ4v) is 2.57. The summed E-state index contributed by atoms with van der Waals surface area (Å²) in [6.45, 7) is 3.72. The number of nitrogens with one attached hydrogen (secondary N) is 1. The first-order valence-electron chi connectivity index (χ1n) is 4.80. The third-order valence-electron chi connectivity index (χ3n) is 2.55. The molecule has 0 unspecified atom stereocenters. The number of H-pyrrole nitrogens is 1. The number of phenolic OH excluding ortho intramolecular Hbond substituents is 1. The molecule has 2 rings (SSSR count). The van der Waals surface area contributed by atoms with Crippen molar-refractivity contribution in [3.05, 3.63) is 27.7 Å². The van der Waals surface area contributed by atoms with Crippen LogP contribution in [0.2, 0.25) is 0 Å². The van der Waals surface area contributed by atoms with E-state index in [1.807, 2.05) is 19.9 Å². The van der Waals surface area contributed by atoms with Crippen molar-refractivity contribution in [3.63, 3.8) is 0 Å². The van der Waals surface area contributed by atoms with Gasteiger partial charge in [-0.2, -0.15) is 5.10 Å². The van der Waals surface area contributed by atoms with Gasteiger partial charge in [0.25, 0.3) is 0 Å². The zero-order chi connectivity index (χ0) is 11.9. The van der Waals surface area contributed by atoms with Gasteiger partial charge in [0.2, 0.25) is 0 Å². The fourth-order valence-electron chi connectivity index (χ4n) is 1.72. The summed E-state index contributed by atoms with van der Waals surface area (Å²) in [4.78, 5) is 0. The Hall–Kier alpha value is -1.49. The summed E-state index contributed by atoms with van der Waals surface area (Å²) in [7, 11) is 0. The molecule has 0 radical (unpaired) electrons. The number of anilines is 1. The fraction of sp³-hybridized carbons (Fsp3) is 0.182. The summed E-state index contributed by atoms with van der Waals surface area (Å²) in [5.74, 6) is 0.729. The Labute approximate surface area is 102 Å². The van der Waals surface area contributed by atoms with Crippen LogP contribution in [0.15, 0.2) is 16.6 Å². The van der Waals surface area contributed by atoms with Crippen LogP contribution in [0.4, 0.5) is 5.82 Å². The van der Waals surface area contributed by atoms with Crippen LogP contribution in [0, 0.1) is 13.8 Å². The zero-order valence-electron chi connectivity index (χ0n) is 9.00. The standard InChI is InChI=1S/C11H12BrN3O/c1-5-3-7(12)10(6(2)11(5)16)8-4-9(13)15-14-8/h3-4,16H,1-2H3,(H3,13,14,15). The summed E-state index contributed by atoms with van der Waals surface area (Å²) < 4.78 is 0.906. The maximum Gasteiger partial charge on any atom is 0.145 e. The summed E-state index contributed by atoms with van der Waals surface area (Å²) in [5, 5.41) is 16.6. The Morgan fingerprint density at radius 3 is 2.62 bits per heavy atom. The molecule has 1 aromatic carbocycles. The molecule has 0 aliphatic carbocycles. The van der Waals surface area contributed by atoms with E-state index in [4.69, 9.17) is 5.73 Å². The SMILES string of the molecule is Cc1cc(Br)c(-c2cc(N)n[nH]2)c(C)c1O. The summed E-state index contributed by atoms with van der Waals surface area (Å²) in [6, 6.07) is 3.61. The van der Waals surface area contributed by atoms with Gasteiger partial charge in [-0.3, -0.25) is 5.10 Å². The number of nitrogen functional groups attached to an aromatic ring is 1. The van der Waals surface area contributed by atoms with Gasteiger partial charge in [0.05, 0.1) is 5.69 Å². The molecule has 0 spiro atoms. The van der Waals surface area contributed by atoms with Crippen LogP contribution in [0.5, 0.6) is 5.75 Å². The van der Waals surface area contributed by atoms with Crippen molar-refractivity contribution in [1.82, 2.24) is 10.2 Å². The minimum absolute atomic E-state index is 0.298. The van der Waals surface area contributed by atoms with E-state index in [9.17, 15) is 5.11 Å². The lowest BCUT2D eigenvalue weighted by molar-refractivity contribution is 0.467. The molecule has 0 bridgehead atoms. The van der Waals surface area contributed by atoms with Crippen LogP contribution in [-0.4, -0.2) is 15.3 Å². The summed E-state index contributed by atoms with van der Waals surface area (Å²) in [6.07, 6.45) is 0. The first-order chi connectivity index (χ1) is 7.50. The van der Waals surface area contributed by atoms with Crippen LogP contribution in [0.25, 0.3) is 11.3 Å². The number of hydrogen-bond donors (Lipinski definition) is 3. The van der Waals surface area contributed by atoms with Crippen molar-refractivity contribution in [1.29, 1.82) is 0 Å². The highest BCUT2D eigenvalue weighted by Gasteiger charge is 2.14. The number of aromatic hydroxyl groups is 1. The van der Waals surface area contributed by atoms with Crippen LogP contribution in [0.1, 0.15) is 11.1 Å². The average molecular weight is 282 g/mol. The van der Waals surface area contributed by atoms with E-state index in [-0.39, 0.29) is 0 Å². The molecular formula is C11H12BrN3O. The van der Waals surface area contributed by atoms with E-state index in [0.717, 1.165) is 26.9 Å². The van der Waals surface area contributed by atoms with E-state index < -0.39 is 0 Å². The smallest absolute Gasteiger partial charge is 0.145 e. The Morgan fingerprint density at radius 2 is 2.06 bits per heavy atom. The van der Waals surface area contributed by atoms with Crippen molar-refractivity contribution < 1.29 is 5.11 Å². The van der Waals surface area contributed by atoms with Crippen LogP contribution >= 0.6 is 15.9 Å². The second-order valence-electron chi connectivity index (χ2n) is 3.73. The number of aromatic amines is 1. The van der Waals surface area contributed by atoms with Gasteiger partial charge in [0.1, 0.15) is 11.6 Å². The maximum absolute atomic E-state index is 9.89. The van der Waals surface area contributed by atoms with Gasteiger partial charge in [-0.1, -0.05) is 15.9 Å². The Kier molecular flexibility index (Phi) is 2.63. The quantitative estimate of drug-likeness (QED) is 0.752. The minimum atomic E-state index is 0.298. The van der Waals surface area contributed by atoms with Gasteiger partial charge in [-0.05, 0) is 25.5 Å². The van der Waals surface area contributed by atoms with Crippen molar-refractivity contribution in [2.45, 2.75) is 13.8 Å². The molecule has 4 nitrogen and oxygen atoms in total. The number of aromatic nitrogens is 2. The predicted octanol–water partition coefficient (Wildman–Crippen LogP) is 2.74. The number of phenols is 1. The van der Waals surface area contributed by atoms with Gasteiger partial charge in [0, 0.05) is 21.7 Å². The number of nitrogens with zero attached hydrogens (tertiary/aromatic N) is 1. The number of nitrogens with two attached hydrogens (primary N) is 1. The van der Waals surface area contributed by atoms with Crippen LogP contribution in [0.3, 0.4) is 0 Å². The lowest BCUT2D eigenvalue weighted by atomic mass is 10.0. The topological polar surface area (TPSA) is 74.9 Å². The minimum Gasteiger partial charge on any atom is -0.507 e. The molecule has 0 aliphatic rings. The molecule has 0 atom stereocenters. The van der Waals surface area contributed by atoms with Crippen molar-refractivity contribution in [2.75, 3.05) is 5.73 Å². The van der Waals surface area contributed by atoms with Gasteiger partial charge in [-0.25, -0.2) is 0 Å². The third-order valence-corrected chi connectivity index (χ3v) is 3.18. The number of rotatable bonds is 1. The highest BCUT2D eigenvalue weighted by Crippen LogP contribution is 2.37. The maximum atomic E-state index is 9.89. The number of halogens is 1. The van der Waals surface area contributed by atoms with E-state index in [1.165, 1.54) is 0 Å². The normalized spacial score (nSPS) is 10.7. The molecule has 1 heterocycles. The van der Waals surface area contributed by atoms with E-state index in [2.05, 4.69) is 26.1 Å². The van der Waals surface area contributed by atoms with Crippen LogP contribution in [-0.2, 0) is 0 Å². The first-order valence-corrected chi connectivity index (χ1v) is 5.60. The molecule has 0 saturated carbocycles. The molecule has 4 N–H and O–H groups in total. The van der Waals surface area contributed by atoms with Gasteiger partial charge < -0.3 is 10.8 Å². The number of hydrogen-bond acceptors (Lipinski definition) is 3. The molecule has 0 aliphatic heterocycles. The van der Waals surface area contributed by atoms with Gasteiger partial charge >= 0.3 is 0 Å². The number of benzene rings is 1. The van der Waals surface area contributed by atoms with Gasteiger partial charge in [0.15, 0.2) is 0 Å². The monoisotopic (exact) mass is 281 g/mol. The average Bonchev–Trinajstić information content (AvgIpc) is 2.61. The molecule has 0 amide bonds. The van der Waals surface area contributed by atoms with E-state index in [1.54, 1.807) is 6.07 Å². The van der Waals surface area contributed by atoms with E-state index >= 15 is 0 Å². The predicted molar refractivity (Wildman–Crippen MR) is 67.3 cm³/mol. The largest absolute Gasteiger partial charge is 0.507 e. The molecule has 5 heteroatoms. The Morgan fingerprint density at radius 1 is 1.38 bits per heavy atom. The van der Waals surface area contributed by atoms with Crippen molar-refractivity contribution in [2.24, 2.45) is 0 Å². The van der Waals surface area contributed by atoms with E-state index in [0.29, 0.717) is 11.6 Å². The second kappa shape index (κ2) is 3.83. The first kappa shape index (κ1) is 11.0. The van der Waals surface area contributed by atoms with Gasteiger partial charge in [-0.15, -0.1) is 0 Å². The Balaban J connectivity index is 2.70. The van der Waals surface area contributed by atoms with Crippen molar-refractivity contribution >= 4 is 21.7 Å². The molecule has 2 aromatic rings. The molecular weight excluding hydrogens is 270 g/mol.